The van der Waals surface area contributed by atoms with Gasteiger partial charge in [-0.2, -0.15) is 0 Å². The predicted molar refractivity (Wildman–Crippen MR) is 462 cm³/mol. The van der Waals surface area contributed by atoms with Crippen molar-refractivity contribution in [1.29, 1.82) is 0 Å². The summed E-state index contributed by atoms with van der Waals surface area (Å²) >= 11 is 0. The smallest absolute Gasteiger partial charge is 0.331 e. The third-order valence-corrected chi connectivity index (χ3v) is 19.9. The predicted octanol–water partition coefficient (Wildman–Crippen LogP) is 21.8. The number of benzene rings is 7. The Morgan fingerprint density at radius 1 is 0.336 bits per heavy atom. The lowest BCUT2D eigenvalue weighted by molar-refractivity contribution is -0.133. The molecule has 113 heavy (non-hydrogen) atoms. The first-order valence-corrected chi connectivity index (χ1v) is 41.8. The number of rotatable bonds is 42. The summed E-state index contributed by atoms with van der Waals surface area (Å²) in [6, 6.07) is 49.6. The molecule has 0 saturated heterocycles. The zero-order valence-electron chi connectivity index (χ0n) is 69.0. The number of fused-ring (bicyclic) bond motifs is 3. The molecule has 0 unspecified atom stereocenters. The van der Waals surface area contributed by atoms with E-state index in [2.05, 4.69) is 180 Å². The van der Waals surface area contributed by atoms with Crippen LogP contribution in [0.25, 0.3) is 62.7 Å². The molecule has 3 heterocycles. The molecular formula is C96H127N3O14. The Bertz CT molecular complexity index is 4050. The molecule has 17 heteroatoms. The van der Waals surface area contributed by atoms with Gasteiger partial charge in [-0.3, -0.25) is 0 Å². The van der Waals surface area contributed by atoms with Crippen molar-refractivity contribution >= 4 is 53.2 Å². The first kappa shape index (κ1) is 89.2. The summed E-state index contributed by atoms with van der Waals surface area (Å²) in [5.74, 6) is 1.61. The van der Waals surface area contributed by atoms with Crippen LogP contribution in [0, 0.1) is 11.8 Å². The zero-order chi connectivity index (χ0) is 80.5. The van der Waals surface area contributed by atoms with Crippen LogP contribution in [0.1, 0.15) is 182 Å². The molecule has 0 aromatic heterocycles. The van der Waals surface area contributed by atoms with Gasteiger partial charge >= 0.3 is 17.9 Å². The Kier molecular flexibility index (Phi) is 38.9. The quantitative estimate of drug-likeness (QED) is 0.0305. The van der Waals surface area contributed by atoms with E-state index in [-0.39, 0.29) is 0 Å². The van der Waals surface area contributed by atoms with Gasteiger partial charge in [0.15, 0.2) is 0 Å². The van der Waals surface area contributed by atoms with E-state index in [1.54, 1.807) is 0 Å². The van der Waals surface area contributed by atoms with Crippen molar-refractivity contribution in [3.05, 3.63) is 179 Å². The minimum atomic E-state index is -0.881. The molecule has 610 valence electrons. The van der Waals surface area contributed by atoms with Crippen molar-refractivity contribution in [2.45, 2.75) is 165 Å². The molecule has 7 aromatic rings. The summed E-state index contributed by atoms with van der Waals surface area (Å²) in [4.78, 5) is 43.3. The Labute approximate surface area is 673 Å². The zero-order valence-corrected chi connectivity index (χ0v) is 69.0. The molecule has 0 spiro atoms. The fourth-order valence-corrected chi connectivity index (χ4v) is 13.8. The van der Waals surface area contributed by atoms with Crippen LogP contribution in [0.4, 0.5) is 17.1 Å². The van der Waals surface area contributed by atoms with Gasteiger partial charge < -0.3 is 67.9 Å². The van der Waals surface area contributed by atoms with E-state index in [1.807, 2.05) is 60.7 Å². The maximum atomic E-state index is 12.2. The lowest BCUT2D eigenvalue weighted by atomic mass is 9.93. The summed E-state index contributed by atoms with van der Waals surface area (Å²) < 4.78 is 45.9. The molecular weight excluding hydrogens is 1420 g/mol. The number of ether oxygens (including phenoxy) is 8. The van der Waals surface area contributed by atoms with E-state index in [9.17, 15) is 29.7 Å². The number of nitrogens with zero attached hydrogens (tertiary/aromatic N) is 3. The SMILES string of the molecule is CCCCOCCOc1ccc(-c2ccc(OCCOCCCC)cc2)cc1.CCCCOCCOc1ccc(-c2ccc3c(c2)/C=C(/C(=O)O)CCCN3CC(C)C)cc1-c1ccc2c(c1)/C=C(/C(=O)O)CCCN2CC(C)C.CCCCOCCOc1ccc(-c2ccc3c(c2)/C=C(/C(=O)O)CCCN3CCCC)cc1. The Balaban J connectivity index is 0.000000226. The number of hydrogen-bond acceptors (Lipinski definition) is 14. The van der Waals surface area contributed by atoms with Crippen LogP contribution in [0.3, 0.4) is 0 Å². The van der Waals surface area contributed by atoms with Gasteiger partial charge in [-0.05, 0) is 241 Å². The highest BCUT2D eigenvalue weighted by molar-refractivity contribution is 5.96. The average Bonchev–Trinajstić information content (AvgIpc) is 0.776. The Hall–Kier alpha value is -9.39. The van der Waals surface area contributed by atoms with E-state index >= 15 is 0 Å². The van der Waals surface area contributed by atoms with E-state index in [1.165, 1.54) is 0 Å². The first-order chi connectivity index (χ1) is 55.0. The second-order valence-electron chi connectivity index (χ2n) is 30.1. The second-order valence-corrected chi connectivity index (χ2v) is 30.1. The number of unbranched alkanes of at least 4 members (excludes halogenated alkanes) is 5. The van der Waals surface area contributed by atoms with Crippen LogP contribution in [0.5, 0.6) is 23.0 Å². The van der Waals surface area contributed by atoms with Crippen LogP contribution >= 0.6 is 0 Å². The van der Waals surface area contributed by atoms with Crippen LogP contribution in [0.15, 0.2) is 162 Å². The molecule has 0 radical (unpaired) electrons. The summed E-state index contributed by atoms with van der Waals surface area (Å²) in [6.45, 7) is 32.4. The molecule has 0 atom stereocenters. The highest BCUT2D eigenvalue weighted by Crippen LogP contribution is 2.41. The summed E-state index contributed by atoms with van der Waals surface area (Å²) in [6.07, 6.45) is 20.7. The van der Waals surface area contributed by atoms with Crippen molar-refractivity contribution in [3.63, 3.8) is 0 Å². The van der Waals surface area contributed by atoms with Crippen molar-refractivity contribution in [2.75, 3.05) is 133 Å². The van der Waals surface area contributed by atoms with Gasteiger partial charge in [-0.1, -0.05) is 155 Å². The lowest BCUT2D eigenvalue weighted by Crippen LogP contribution is -2.30. The van der Waals surface area contributed by atoms with Crippen LogP contribution < -0.4 is 33.6 Å². The highest BCUT2D eigenvalue weighted by Gasteiger charge is 2.24. The minimum Gasteiger partial charge on any atom is -0.491 e. The third kappa shape index (κ3) is 29.8. The molecule has 3 N–H and O–H groups in total. The van der Waals surface area contributed by atoms with Gasteiger partial charge in [0, 0.05) is 105 Å². The minimum absolute atomic E-state index is 0.402. The van der Waals surface area contributed by atoms with Crippen LogP contribution in [0.2, 0.25) is 0 Å². The average molecular weight is 1550 g/mol. The van der Waals surface area contributed by atoms with E-state index < -0.39 is 17.9 Å². The first-order valence-electron chi connectivity index (χ1n) is 41.8. The fourth-order valence-electron chi connectivity index (χ4n) is 13.8. The maximum Gasteiger partial charge on any atom is 0.331 e. The fraction of sp³-hybridized carbons (Fsp3) is 0.469. The molecule has 0 aliphatic carbocycles. The topological polar surface area (TPSA) is 195 Å². The van der Waals surface area contributed by atoms with Crippen molar-refractivity contribution in [2.24, 2.45) is 11.8 Å². The van der Waals surface area contributed by atoms with Gasteiger partial charge in [0.1, 0.15) is 49.4 Å². The molecule has 3 aliphatic heterocycles. The number of carboxylic acid groups (broad SMARTS) is 3. The third-order valence-electron chi connectivity index (χ3n) is 19.9. The van der Waals surface area contributed by atoms with Crippen molar-refractivity contribution in [3.8, 4) is 67.5 Å². The standard InChI is InChI=1S/C44H56N2O6.C28H37NO4.C24H34O4/c1-6-7-20-51-21-22-52-42-17-14-33(32-12-15-40-37(23-32)25-35(43(47)48)10-8-18-45(40)28-30(2)3)27-39(42)34-13-16-41-38(24-34)26-36(44(49)50)11-9-19-46(41)29-31(4)5;1-3-5-15-29-16-7-8-24(28(30)31)21-25-20-23(11-14-27(25)29)22-9-12-26(13-10-22)33-19-18-32-17-6-4-2;1-3-5-15-25-17-19-27-23-11-7-21(8-12-23)22-9-13-24(14-10-22)28-20-18-26-16-6-4-2/h12-17,23-27,30-31H,6-11,18-22,28-29H2,1-5H3,(H,47,48)(H,49,50);9-14,20-21H,3-8,15-19H2,1-2H3,(H,30,31);7-14H,3-6,15-20H2,1-2H3/b35-25+,36-26+;24-21+;. The van der Waals surface area contributed by atoms with E-state index in [4.69, 9.17) is 37.9 Å². The second kappa shape index (κ2) is 49.3. The molecule has 0 fully saturated rings. The number of carboxylic acids is 3. The maximum absolute atomic E-state index is 12.2. The molecule has 7 aromatic carbocycles. The van der Waals surface area contributed by atoms with Crippen molar-refractivity contribution in [1.82, 2.24) is 0 Å². The number of aliphatic carboxylic acids is 3. The molecule has 17 nitrogen and oxygen atoms in total. The molecule has 0 bridgehead atoms. The molecule has 0 amide bonds. The van der Waals surface area contributed by atoms with Gasteiger partial charge in [-0.25, -0.2) is 14.4 Å². The van der Waals surface area contributed by atoms with Gasteiger partial charge in [0.05, 0.1) is 26.4 Å². The highest BCUT2D eigenvalue weighted by atomic mass is 16.5. The largest absolute Gasteiger partial charge is 0.491 e. The monoisotopic (exact) mass is 1550 g/mol. The van der Waals surface area contributed by atoms with E-state index in [0.29, 0.717) is 107 Å². The van der Waals surface area contributed by atoms with Gasteiger partial charge in [0.25, 0.3) is 0 Å². The van der Waals surface area contributed by atoms with E-state index in [0.717, 1.165) is 244 Å². The Morgan fingerprint density at radius 3 is 1.00 bits per heavy atom. The van der Waals surface area contributed by atoms with Crippen LogP contribution in [-0.2, 0) is 33.3 Å². The molecule has 0 saturated carbocycles. The number of anilines is 3. The summed E-state index contributed by atoms with van der Waals surface area (Å²) in [5, 5.41) is 29.6. The van der Waals surface area contributed by atoms with Gasteiger partial charge in [0.2, 0.25) is 0 Å². The van der Waals surface area contributed by atoms with Crippen molar-refractivity contribution < 1.29 is 67.6 Å². The molecule has 3 aliphatic rings. The van der Waals surface area contributed by atoms with Crippen LogP contribution in [-0.4, -0.2) is 152 Å². The lowest BCUT2D eigenvalue weighted by Gasteiger charge is -2.30. The summed E-state index contributed by atoms with van der Waals surface area (Å²) in [7, 11) is 0. The normalized spacial score (nSPS) is 14.9. The number of carbonyl (C=O) groups is 3. The number of hydrogen-bond donors (Lipinski definition) is 3. The Morgan fingerprint density at radius 2 is 0.637 bits per heavy atom. The summed E-state index contributed by atoms with van der Waals surface area (Å²) in [5.41, 5.74) is 15.5. The van der Waals surface area contributed by atoms with Gasteiger partial charge in [-0.15, -0.1) is 0 Å². The molecule has 10 rings (SSSR count).